The number of hydrogen-bond donors (Lipinski definition) is 1. The van der Waals surface area contributed by atoms with Gasteiger partial charge in [0.05, 0.1) is 18.6 Å². The zero-order chi connectivity index (χ0) is 21.7. The molecule has 0 atom stereocenters. The van der Waals surface area contributed by atoms with Crippen LogP contribution in [0.25, 0.3) is 11.3 Å². The van der Waals surface area contributed by atoms with Gasteiger partial charge in [0, 0.05) is 11.3 Å². The van der Waals surface area contributed by atoms with Crippen LogP contribution in [0.5, 0.6) is 5.75 Å². The number of anilines is 1. The molecule has 2 aromatic carbocycles. The Morgan fingerprint density at radius 1 is 1.10 bits per heavy atom. The highest BCUT2D eigenvalue weighted by Crippen LogP contribution is 2.32. The van der Waals surface area contributed by atoms with Gasteiger partial charge in [0.25, 0.3) is 0 Å². The highest BCUT2D eigenvalue weighted by Gasteiger charge is 2.34. The standard InChI is InChI=1S/C21H18F3N3O2S/c1-13-5-3-4-6-16(13)25-19(28)12-30-20-26-17(11-18(27-20)21(22,23)24)14-7-9-15(29-2)10-8-14/h3-11H,12H2,1-2H3,(H,25,28). The van der Waals surface area contributed by atoms with Crippen LogP contribution >= 0.6 is 11.8 Å². The number of carbonyl (C=O) groups excluding carboxylic acids is 1. The molecule has 0 spiro atoms. The molecule has 156 valence electrons. The van der Waals surface area contributed by atoms with E-state index < -0.39 is 11.9 Å². The molecule has 1 N–H and O–H groups in total. The third-order valence-electron chi connectivity index (χ3n) is 4.13. The Labute approximate surface area is 175 Å². The summed E-state index contributed by atoms with van der Waals surface area (Å²) in [5, 5.41) is 2.60. The fourth-order valence-corrected chi connectivity index (χ4v) is 3.23. The van der Waals surface area contributed by atoms with Crippen molar-refractivity contribution in [3.8, 4) is 17.0 Å². The Bertz CT molecular complexity index is 1040. The monoisotopic (exact) mass is 433 g/mol. The number of carbonyl (C=O) groups is 1. The van der Waals surface area contributed by atoms with Gasteiger partial charge in [-0.15, -0.1) is 0 Å². The van der Waals surface area contributed by atoms with Crippen molar-refractivity contribution in [2.75, 3.05) is 18.2 Å². The van der Waals surface area contributed by atoms with Gasteiger partial charge in [0.2, 0.25) is 5.91 Å². The molecule has 5 nitrogen and oxygen atoms in total. The molecule has 0 fully saturated rings. The summed E-state index contributed by atoms with van der Waals surface area (Å²) < 4.78 is 45.0. The van der Waals surface area contributed by atoms with Crippen LogP contribution in [0.3, 0.4) is 0 Å². The molecule has 3 rings (SSSR count). The van der Waals surface area contributed by atoms with Gasteiger partial charge >= 0.3 is 6.18 Å². The molecule has 3 aromatic rings. The third kappa shape index (κ3) is 5.50. The minimum atomic E-state index is -4.64. The Hall–Kier alpha value is -3.07. The number of thioether (sulfide) groups is 1. The van der Waals surface area contributed by atoms with E-state index in [9.17, 15) is 18.0 Å². The van der Waals surface area contributed by atoms with E-state index in [4.69, 9.17) is 4.74 Å². The van der Waals surface area contributed by atoms with Crippen molar-refractivity contribution in [1.29, 1.82) is 0 Å². The Morgan fingerprint density at radius 3 is 2.43 bits per heavy atom. The fraction of sp³-hybridized carbons (Fsp3) is 0.190. The minimum absolute atomic E-state index is 0.113. The molecule has 1 amide bonds. The Kier molecular flexibility index (Phi) is 6.61. The first-order valence-electron chi connectivity index (χ1n) is 8.85. The number of nitrogens with one attached hydrogen (secondary N) is 1. The van der Waals surface area contributed by atoms with Crippen molar-refractivity contribution in [2.24, 2.45) is 0 Å². The molecule has 0 bridgehead atoms. The summed E-state index contributed by atoms with van der Waals surface area (Å²) in [4.78, 5) is 20.0. The number of para-hydroxylation sites is 1. The summed E-state index contributed by atoms with van der Waals surface area (Å²) in [6.45, 7) is 1.85. The number of amides is 1. The number of halogens is 3. The molecule has 0 unspecified atom stereocenters. The van der Waals surface area contributed by atoms with Gasteiger partial charge in [-0.25, -0.2) is 9.97 Å². The number of nitrogens with zero attached hydrogens (tertiary/aromatic N) is 2. The van der Waals surface area contributed by atoms with Crippen LogP contribution < -0.4 is 10.1 Å². The molecule has 9 heteroatoms. The van der Waals surface area contributed by atoms with Gasteiger partial charge in [-0.2, -0.15) is 13.2 Å². The second-order valence-electron chi connectivity index (χ2n) is 6.30. The van der Waals surface area contributed by atoms with Crippen molar-refractivity contribution >= 4 is 23.4 Å². The average molecular weight is 433 g/mol. The van der Waals surface area contributed by atoms with E-state index in [1.807, 2.05) is 19.1 Å². The van der Waals surface area contributed by atoms with Gasteiger partial charge in [-0.1, -0.05) is 30.0 Å². The summed E-state index contributed by atoms with van der Waals surface area (Å²) in [5.74, 6) is 0.0881. The van der Waals surface area contributed by atoms with Gasteiger partial charge in [0.1, 0.15) is 11.4 Å². The van der Waals surface area contributed by atoms with E-state index in [1.165, 1.54) is 7.11 Å². The second kappa shape index (κ2) is 9.17. The molecule has 0 saturated heterocycles. The van der Waals surface area contributed by atoms with Crippen molar-refractivity contribution in [3.05, 3.63) is 65.9 Å². The van der Waals surface area contributed by atoms with Crippen molar-refractivity contribution < 1.29 is 22.7 Å². The number of hydrogen-bond acceptors (Lipinski definition) is 5. The number of alkyl halides is 3. The second-order valence-corrected chi connectivity index (χ2v) is 7.24. The van der Waals surface area contributed by atoms with E-state index in [0.29, 0.717) is 17.0 Å². The molecule has 30 heavy (non-hydrogen) atoms. The summed E-state index contributed by atoms with van der Waals surface area (Å²) in [5.41, 5.74) is 1.06. The van der Waals surface area contributed by atoms with Gasteiger partial charge in [-0.05, 0) is 48.9 Å². The zero-order valence-electron chi connectivity index (χ0n) is 16.2. The quantitative estimate of drug-likeness (QED) is 0.427. The lowest BCUT2D eigenvalue weighted by Gasteiger charge is -2.11. The average Bonchev–Trinajstić information content (AvgIpc) is 2.73. The molecule has 0 aliphatic carbocycles. The van der Waals surface area contributed by atoms with Crippen LogP contribution in [0, 0.1) is 6.92 Å². The summed E-state index contributed by atoms with van der Waals surface area (Å²) in [6.07, 6.45) is -4.64. The van der Waals surface area contributed by atoms with Crippen LogP contribution in [0.1, 0.15) is 11.3 Å². The maximum Gasteiger partial charge on any atom is 0.433 e. The Morgan fingerprint density at radius 2 is 1.80 bits per heavy atom. The zero-order valence-corrected chi connectivity index (χ0v) is 17.0. The molecule has 1 aromatic heterocycles. The summed E-state index contributed by atoms with van der Waals surface area (Å²) in [6, 6.07) is 14.6. The predicted octanol–water partition coefficient (Wildman–Crippen LogP) is 5.21. The fourth-order valence-electron chi connectivity index (χ4n) is 2.57. The maximum atomic E-state index is 13.3. The SMILES string of the molecule is COc1ccc(-c2cc(C(F)(F)F)nc(SCC(=O)Nc3ccccc3C)n2)cc1. The highest BCUT2D eigenvalue weighted by atomic mass is 32.2. The van der Waals surface area contributed by atoms with E-state index in [0.717, 1.165) is 23.4 Å². The normalized spacial score (nSPS) is 11.2. The lowest BCUT2D eigenvalue weighted by molar-refractivity contribution is -0.141. The van der Waals surface area contributed by atoms with Crippen molar-refractivity contribution in [2.45, 2.75) is 18.3 Å². The van der Waals surface area contributed by atoms with Gasteiger partial charge in [-0.3, -0.25) is 4.79 Å². The molecule has 0 radical (unpaired) electrons. The van der Waals surface area contributed by atoms with Crippen molar-refractivity contribution in [1.82, 2.24) is 9.97 Å². The topological polar surface area (TPSA) is 64.1 Å². The molecule has 0 saturated carbocycles. The van der Waals surface area contributed by atoms with E-state index in [1.54, 1.807) is 36.4 Å². The molecular weight excluding hydrogens is 415 g/mol. The van der Waals surface area contributed by atoms with Crippen LogP contribution in [-0.2, 0) is 11.0 Å². The van der Waals surface area contributed by atoms with Crippen LogP contribution in [-0.4, -0.2) is 28.7 Å². The molecule has 0 aliphatic heterocycles. The van der Waals surface area contributed by atoms with Crippen LogP contribution in [0.4, 0.5) is 18.9 Å². The lowest BCUT2D eigenvalue weighted by Crippen LogP contribution is -2.15. The molecule has 0 aliphatic rings. The van der Waals surface area contributed by atoms with E-state index in [-0.39, 0.29) is 22.5 Å². The largest absolute Gasteiger partial charge is 0.497 e. The molecule has 1 heterocycles. The number of ether oxygens (including phenoxy) is 1. The Balaban J connectivity index is 1.81. The van der Waals surface area contributed by atoms with Crippen molar-refractivity contribution in [3.63, 3.8) is 0 Å². The number of rotatable bonds is 6. The first-order valence-corrected chi connectivity index (χ1v) is 9.84. The maximum absolute atomic E-state index is 13.3. The number of methoxy groups -OCH3 is 1. The third-order valence-corrected chi connectivity index (χ3v) is 4.98. The molecular formula is C21H18F3N3O2S. The number of aryl methyl sites for hydroxylation is 1. The van der Waals surface area contributed by atoms with Gasteiger partial charge < -0.3 is 10.1 Å². The predicted molar refractivity (Wildman–Crippen MR) is 110 cm³/mol. The van der Waals surface area contributed by atoms with E-state index >= 15 is 0 Å². The summed E-state index contributed by atoms with van der Waals surface area (Å²) in [7, 11) is 1.50. The van der Waals surface area contributed by atoms with E-state index in [2.05, 4.69) is 15.3 Å². The lowest BCUT2D eigenvalue weighted by atomic mass is 10.1. The minimum Gasteiger partial charge on any atom is -0.497 e. The number of aromatic nitrogens is 2. The first-order chi connectivity index (χ1) is 14.3. The van der Waals surface area contributed by atoms with Crippen LogP contribution in [0.15, 0.2) is 59.8 Å². The van der Waals surface area contributed by atoms with Gasteiger partial charge in [0.15, 0.2) is 5.16 Å². The first kappa shape index (κ1) is 21.6. The highest BCUT2D eigenvalue weighted by molar-refractivity contribution is 7.99. The smallest absolute Gasteiger partial charge is 0.433 e. The number of benzene rings is 2. The van der Waals surface area contributed by atoms with Crippen LogP contribution in [0.2, 0.25) is 0 Å². The summed E-state index contributed by atoms with van der Waals surface area (Å²) >= 11 is 0.841.